The predicted molar refractivity (Wildman–Crippen MR) is 42.9 cm³/mol. The van der Waals surface area contributed by atoms with E-state index in [0.717, 1.165) is 0 Å². The van der Waals surface area contributed by atoms with Crippen molar-refractivity contribution in [3.8, 4) is 0 Å². The molecule has 1 aliphatic heterocycles. The molecule has 68 valence electrons. The number of hydrogen-bond donors (Lipinski definition) is 2. The van der Waals surface area contributed by atoms with Crippen molar-refractivity contribution < 1.29 is 14.7 Å². The SMILES string of the molecule is CC(=O)CC1(C(=O)O)CCNC1. The lowest BCUT2D eigenvalue weighted by Gasteiger charge is -2.20. The van der Waals surface area contributed by atoms with Crippen molar-refractivity contribution in [3.05, 3.63) is 0 Å². The normalized spacial score (nSPS) is 28.8. The largest absolute Gasteiger partial charge is 0.481 e. The van der Waals surface area contributed by atoms with Gasteiger partial charge >= 0.3 is 5.97 Å². The second-order valence-electron chi connectivity index (χ2n) is 3.39. The van der Waals surface area contributed by atoms with E-state index >= 15 is 0 Å². The van der Waals surface area contributed by atoms with Gasteiger partial charge in [-0.1, -0.05) is 0 Å². The van der Waals surface area contributed by atoms with Crippen LogP contribution in [0.1, 0.15) is 19.8 Å². The molecule has 0 saturated carbocycles. The molecule has 0 amide bonds. The molecule has 0 radical (unpaired) electrons. The highest BCUT2D eigenvalue weighted by atomic mass is 16.4. The fourth-order valence-electron chi connectivity index (χ4n) is 1.63. The van der Waals surface area contributed by atoms with Crippen LogP contribution in [0.2, 0.25) is 0 Å². The van der Waals surface area contributed by atoms with Crippen LogP contribution in [0.15, 0.2) is 0 Å². The number of rotatable bonds is 3. The maximum atomic E-state index is 10.9. The zero-order valence-corrected chi connectivity index (χ0v) is 7.09. The Labute approximate surface area is 71.0 Å². The molecule has 4 heteroatoms. The van der Waals surface area contributed by atoms with Gasteiger partial charge in [0.05, 0.1) is 5.41 Å². The maximum Gasteiger partial charge on any atom is 0.311 e. The summed E-state index contributed by atoms with van der Waals surface area (Å²) in [5, 5.41) is 11.9. The summed E-state index contributed by atoms with van der Waals surface area (Å²) in [6.45, 7) is 2.55. The second-order valence-corrected chi connectivity index (χ2v) is 3.39. The number of aliphatic carboxylic acids is 1. The minimum Gasteiger partial charge on any atom is -0.481 e. The summed E-state index contributed by atoms with van der Waals surface area (Å²) in [5.74, 6) is -0.913. The number of hydrogen-bond acceptors (Lipinski definition) is 3. The Hall–Kier alpha value is -0.900. The lowest BCUT2D eigenvalue weighted by atomic mass is 9.82. The molecule has 1 saturated heterocycles. The van der Waals surface area contributed by atoms with E-state index < -0.39 is 11.4 Å². The summed E-state index contributed by atoms with van der Waals surface area (Å²) in [5.41, 5.74) is -0.828. The molecule has 0 aliphatic carbocycles. The Bertz CT molecular complexity index is 206. The highest BCUT2D eigenvalue weighted by Gasteiger charge is 2.42. The topological polar surface area (TPSA) is 66.4 Å². The monoisotopic (exact) mass is 171 g/mol. The van der Waals surface area contributed by atoms with Gasteiger partial charge in [-0.2, -0.15) is 0 Å². The molecule has 1 rings (SSSR count). The lowest BCUT2D eigenvalue weighted by molar-refractivity contribution is -0.150. The first-order chi connectivity index (χ1) is 5.57. The van der Waals surface area contributed by atoms with E-state index in [1.807, 2.05) is 0 Å². The average Bonchev–Trinajstić information content (AvgIpc) is 2.35. The number of Topliss-reactive ketones (excluding diaryl/α,β-unsaturated/α-hetero) is 1. The maximum absolute atomic E-state index is 10.9. The van der Waals surface area contributed by atoms with E-state index in [9.17, 15) is 9.59 Å². The van der Waals surface area contributed by atoms with Gasteiger partial charge in [0, 0.05) is 13.0 Å². The van der Waals surface area contributed by atoms with Gasteiger partial charge in [-0.05, 0) is 19.9 Å². The van der Waals surface area contributed by atoms with E-state index in [4.69, 9.17) is 5.11 Å². The minimum absolute atomic E-state index is 0.0545. The molecule has 1 fully saturated rings. The molecule has 4 nitrogen and oxygen atoms in total. The van der Waals surface area contributed by atoms with Crippen molar-refractivity contribution in [1.82, 2.24) is 5.32 Å². The fourth-order valence-corrected chi connectivity index (χ4v) is 1.63. The Morgan fingerprint density at radius 2 is 2.25 bits per heavy atom. The van der Waals surface area contributed by atoms with Crippen molar-refractivity contribution in [3.63, 3.8) is 0 Å². The number of nitrogens with one attached hydrogen (secondary N) is 1. The van der Waals surface area contributed by atoms with Gasteiger partial charge in [-0.15, -0.1) is 0 Å². The summed E-state index contributed by atoms with van der Waals surface area (Å²) < 4.78 is 0. The molecular weight excluding hydrogens is 158 g/mol. The van der Waals surface area contributed by atoms with E-state index in [0.29, 0.717) is 19.5 Å². The molecule has 12 heavy (non-hydrogen) atoms. The highest BCUT2D eigenvalue weighted by Crippen LogP contribution is 2.29. The summed E-state index contributed by atoms with van der Waals surface area (Å²) in [6.07, 6.45) is 0.706. The average molecular weight is 171 g/mol. The van der Waals surface area contributed by atoms with E-state index in [1.165, 1.54) is 6.92 Å². The van der Waals surface area contributed by atoms with Crippen LogP contribution in [0.3, 0.4) is 0 Å². The summed E-state index contributed by atoms with van der Waals surface area (Å²) in [4.78, 5) is 21.7. The van der Waals surface area contributed by atoms with Crippen molar-refractivity contribution >= 4 is 11.8 Å². The first-order valence-electron chi connectivity index (χ1n) is 4.00. The van der Waals surface area contributed by atoms with Crippen LogP contribution in [0.4, 0.5) is 0 Å². The summed E-state index contributed by atoms with van der Waals surface area (Å²) in [7, 11) is 0. The van der Waals surface area contributed by atoms with Crippen LogP contribution in [0, 0.1) is 5.41 Å². The fraction of sp³-hybridized carbons (Fsp3) is 0.750. The highest BCUT2D eigenvalue weighted by molar-refractivity contribution is 5.85. The van der Waals surface area contributed by atoms with Crippen molar-refractivity contribution in [1.29, 1.82) is 0 Å². The number of carboxylic acid groups (broad SMARTS) is 1. The van der Waals surface area contributed by atoms with E-state index in [2.05, 4.69) is 5.32 Å². The van der Waals surface area contributed by atoms with Gasteiger partial charge in [0.1, 0.15) is 5.78 Å². The van der Waals surface area contributed by atoms with E-state index in [-0.39, 0.29) is 12.2 Å². The molecule has 0 bridgehead atoms. The van der Waals surface area contributed by atoms with Crippen molar-refractivity contribution in [2.24, 2.45) is 5.41 Å². The Balaban J connectivity index is 2.72. The first kappa shape index (κ1) is 9.19. The van der Waals surface area contributed by atoms with Crippen molar-refractivity contribution in [2.75, 3.05) is 13.1 Å². The summed E-state index contributed by atoms with van der Waals surface area (Å²) in [6, 6.07) is 0. The van der Waals surface area contributed by atoms with Crippen molar-refractivity contribution in [2.45, 2.75) is 19.8 Å². The summed E-state index contributed by atoms with van der Waals surface area (Å²) >= 11 is 0. The molecule has 1 atom stereocenters. The van der Waals surface area contributed by atoms with Crippen LogP contribution < -0.4 is 5.32 Å². The zero-order valence-electron chi connectivity index (χ0n) is 7.09. The Morgan fingerprint density at radius 3 is 2.58 bits per heavy atom. The van der Waals surface area contributed by atoms with Gasteiger partial charge in [0.2, 0.25) is 0 Å². The third-order valence-electron chi connectivity index (χ3n) is 2.28. The number of carboxylic acids is 1. The second kappa shape index (κ2) is 3.23. The molecular formula is C8H13NO3. The van der Waals surface area contributed by atoms with Crippen LogP contribution >= 0.6 is 0 Å². The third-order valence-corrected chi connectivity index (χ3v) is 2.28. The lowest BCUT2D eigenvalue weighted by Crippen LogP contribution is -2.35. The Kier molecular flexibility index (Phi) is 2.47. The molecule has 0 aromatic rings. The number of carbonyl (C=O) groups excluding carboxylic acids is 1. The minimum atomic E-state index is -0.859. The van der Waals surface area contributed by atoms with E-state index in [1.54, 1.807) is 0 Å². The van der Waals surface area contributed by atoms with Crippen LogP contribution in [0.25, 0.3) is 0 Å². The molecule has 2 N–H and O–H groups in total. The zero-order chi connectivity index (χ0) is 9.19. The molecule has 0 aromatic carbocycles. The van der Waals surface area contributed by atoms with Gasteiger partial charge in [0.15, 0.2) is 0 Å². The molecule has 0 spiro atoms. The van der Waals surface area contributed by atoms with Gasteiger partial charge < -0.3 is 10.4 Å². The van der Waals surface area contributed by atoms with Crippen LogP contribution in [-0.2, 0) is 9.59 Å². The first-order valence-corrected chi connectivity index (χ1v) is 4.00. The van der Waals surface area contributed by atoms with Crippen LogP contribution in [0.5, 0.6) is 0 Å². The molecule has 1 aliphatic rings. The molecule has 1 unspecified atom stereocenters. The van der Waals surface area contributed by atoms with Gasteiger partial charge in [-0.25, -0.2) is 0 Å². The quantitative estimate of drug-likeness (QED) is 0.628. The number of ketones is 1. The molecule has 1 heterocycles. The predicted octanol–water partition coefficient (Wildman–Crippen LogP) is 0.0298. The Morgan fingerprint density at radius 1 is 1.58 bits per heavy atom. The van der Waals surface area contributed by atoms with Gasteiger partial charge in [-0.3, -0.25) is 9.59 Å². The number of carbonyl (C=O) groups is 2. The standard InChI is InChI=1S/C8H13NO3/c1-6(10)4-8(7(11)12)2-3-9-5-8/h9H,2-5H2,1H3,(H,11,12). The van der Waals surface area contributed by atoms with Crippen LogP contribution in [-0.4, -0.2) is 29.9 Å². The molecule has 0 aromatic heterocycles. The van der Waals surface area contributed by atoms with Gasteiger partial charge in [0.25, 0.3) is 0 Å². The smallest absolute Gasteiger partial charge is 0.311 e. The third kappa shape index (κ3) is 1.64.